The molecule has 0 saturated heterocycles. The molecule has 0 unspecified atom stereocenters. The molecule has 0 saturated carbocycles. The Labute approximate surface area is 71.5 Å². The van der Waals surface area contributed by atoms with Crippen molar-refractivity contribution in [1.29, 1.82) is 0 Å². The fourth-order valence-electron chi connectivity index (χ4n) is 0.455. The minimum Gasteiger partial charge on any atom is -0.469 e. The van der Waals surface area contributed by atoms with Crippen LogP contribution >= 0.6 is 12.4 Å². The number of esters is 1. The van der Waals surface area contributed by atoms with Gasteiger partial charge in [-0.3, -0.25) is 4.79 Å². The Morgan fingerprint density at radius 1 is 1.73 bits per heavy atom. The fraction of sp³-hybridized carbons (Fsp3) is 0.667. The number of halogens is 1. The monoisotopic (exact) mass is 181 g/mol. The van der Waals surface area contributed by atoms with Gasteiger partial charge in [0.2, 0.25) is 0 Å². The van der Waals surface area contributed by atoms with Crippen LogP contribution in [0.25, 0.3) is 0 Å². The van der Waals surface area contributed by atoms with Gasteiger partial charge in [-0.05, 0) is 6.42 Å². The number of carbonyl (C=O) groups excluding carboxylic acids is 2. The van der Waals surface area contributed by atoms with Crippen LogP contribution < -0.4 is 5.73 Å². The molecule has 0 rings (SSSR count). The molecular weight excluding hydrogens is 170 g/mol. The summed E-state index contributed by atoms with van der Waals surface area (Å²) >= 11 is 0. The second-order valence-corrected chi connectivity index (χ2v) is 1.91. The van der Waals surface area contributed by atoms with Gasteiger partial charge in [-0.2, -0.15) is 0 Å². The molecule has 2 N–H and O–H groups in total. The summed E-state index contributed by atoms with van der Waals surface area (Å²) in [6.07, 6.45) is 1.18. The van der Waals surface area contributed by atoms with Crippen molar-refractivity contribution in [2.24, 2.45) is 5.73 Å². The number of aldehydes is 1. The Morgan fingerprint density at radius 3 is 2.64 bits per heavy atom. The van der Waals surface area contributed by atoms with Crippen molar-refractivity contribution in [3.8, 4) is 0 Å². The summed E-state index contributed by atoms with van der Waals surface area (Å²) in [6, 6.07) is -0.543. The SMILES string of the molecule is COC(=O)CC[C@H](N)C=O.Cl. The maximum absolute atomic E-state index is 10.4. The van der Waals surface area contributed by atoms with Crippen LogP contribution in [-0.2, 0) is 14.3 Å². The lowest BCUT2D eigenvalue weighted by atomic mass is 10.2. The predicted molar refractivity (Wildman–Crippen MR) is 42.5 cm³/mol. The van der Waals surface area contributed by atoms with E-state index in [1.165, 1.54) is 7.11 Å². The summed E-state index contributed by atoms with van der Waals surface area (Å²) in [5.74, 6) is -0.336. The first-order valence-electron chi connectivity index (χ1n) is 2.98. The number of hydrogen-bond acceptors (Lipinski definition) is 4. The first-order chi connectivity index (χ1) is 4.70. The molecule has 0 aromatic rings. The molecule has 0 radical (unpaired) electrons. The van der Waals surface area contributed by atoms with Crippen molar-refractivity contribution in [3.63, 3.8) is 0 Å². The van der Waals surface area contributed by atoms with Crippen molar-refractivity contribution >= 4 is 24.7 Å². The molecule has 0 aromatic carbocycles. The third-order valence-electron chi connectivity index (χ3n) is 1.08. The Kier molecular flexibility index (Phi) is 8.87. The van der Waals surface area contributed by atoms with Crippen molar-refractivity contribution in [3.05, 3.63) is 0 Å². The van der Waals surface area contributed by atoms with Crippen LogP contribution in [0.1, 0.15) is 12.8 Å². The zero-order chi connectivity index (χ0) is 7.98. The molecule has 1 atom stereocenters. The number of carbonyl (C=O) groups is 2. The highest BCUT2D eigenvalue weighted by molar-refractivity contribution is 5.85. The number of rotatable bonds is 4. The van der Waals surface area contributed by atoms with E-state index in [0.717, 1.165) is 0 Å². The molecule has 0 fully saturated rings. The van der Waals surface area contributed by atoms with E-state index in [-0.39, 0.29) is 24.8 Å². The molecule has 0 aliphatic heterocycles. The Morgan fingerprint density at radius 2 is 2.27 bits per heavy atom. The van der Waals surface area contributed by atoms with E-state index < -0.39 is 6.04 Å². The third kappa shape index (κ3) is 7.29. The van der Waals surface area contributed by atoms with Crippen LogP contribution in [0.5, 0.6) is 0 Å². The Balaban J connectivity index is 0. The third-order valence-corrected chi connectivity index (χ3v) is 1.08. The zero-order valence-electron chi connectivity index (χ0n) is 6.28. The van der Waals surface area contributed by atoms with E-state index in [1.54, 1.807) is 0 Å². The molecule has 5 heteroatoms. The summed E-state index contributed by atoms with van der Waals surface area (Å²) in [5, 5.41) is 0. The first kappa shape index (κ1) is 13.0. The summed E-state index contributed by atoms with van der Waals surface area (Å²) in [7, 11) is 1.30. The molecule has 0 aromatic heterocycles. The van der Waals surface area contributed by atoms with Gasteiger partial charge in [-0.25, -0.2) is 0 Å². The predicted octanol–water partition coefficient (Wildman–Crippen LogP) is -0.112. The minimum absolute atomic E-state index is 0. The summed E-state index contributed by atoms with van der Waals surface area (Å²) in [5.41, 5.74) is 5.20. The van der Waals surface area contributed by atoms with Gasteiger partial charge in [0.25, 0.3) is 0 Å². The van der Waals surface area contributed by atoms with Crippen molar-refractivity contribution in [2.75, 3.05) is 7.11 Å². The molecule has 11 heavy (non-hydrogen) atoms. The first-order valence-corrected chi connectivity index (χ1v) is 2.98. The van der Waals surface area contributed by atoms with Gasteiger partial charge in [0, 0.05) is 6.42 Å². The molecule has 0 bridgehead atoms. The molecule has 0 heterocycles. The maximum atomic E-state index is 10.4. The van der Waals surface area contributed by atoms with Crippen LogP contribution in [-0.4, -0.2) is 25.4 Å². The second-order valence-electron chi connectivity index (χ2n) is 1.91. The quantitative estimate of drug-likeness (QED) is 0.485. The van der Waals surface area contributed by atoms with Crippen LogP contribution in [0.2, 0.25) is 0 Å². The number of ether oxygens (including phenoxy) is 1. The van der Waals surface area contributed by atoms with Crippen molar-refractivity contribution in [2.45, 2.75) is 18.9 Å². The van der Waals surface area contributed by atoms with Gasteiger partial charge in [0.1, 0.15) is 6.29 Å². The standard InChI is InChI=1S/C6H11NO3.ClH/c1-10-6(9)3-2-5(7)4-8;/h4-5H,2-3,7H2,1H3;1H/t5-;/m0./s1. The number of hydrogen-bond donors (Lipinski definition) is 1. The van der Waals surface area contributed by atoms with E-state index in [1.807, 2.05) is 0 Å². The van der Waals surface area contributed by atoms with E-state index in [4.69, 9.17) is 5.73 Å². The van der Waals surface area contributed by atoms with Gasteiger partial charge in [-0.15, -0.1) is 12.4 Å². The lowest BCUT2D eigenvalue weighted by Crippen LogP contribution is -2.22. The highest BCUT2D eigenvalue weighted by Gasteiger charge is 2.04. The van der Waals surface area contributed by atoms with Crippen molar-refractivity contribution < 1.29 is 14.3 Å². The lowest BCUT2D eigenvalue weighted by Gasteiger charge is -2.00. The molecule has 4 nitrogen and oxygen atoms in total. The lowest BCUT2D eigenvalue weighted by molar-refractivity contribution is -0.140. The number of nitrogens with two attached hydrogens (primary N) is 1. The second kappa shape index (κ2) is 7.50. The fourth-order valence-corrected chi connectivity index (χ4v) is 0.455. The van der Waals surface area contributed by atoms with Gasteiger partial charge in [0.05, 0.1) is 13.2 Å². The van der Waals surface area contributed by atoms with E-state index >= 15 is 0 Å². The topological polar surface area (TPSA) is 69.4 Å². The Bertz CT molecular complexity index is 129. The average Bonchev–Trinajstić information content (AvgIpc) is 1.99. The molecule has 0 amide bonds. The summed E-state index contributed by atoms with van der Waals surface area (Å²) in [4.78, 5) is 20.4. The normalized spacial score (nSPS) is 11.1. The van der Waals surface area contributed by atoms with Crippen LogP contribution in [0, 0.1) is 0 Å². The van der Waals surface area contributed by atoms with Gasteiger partial charge >= 0.3 is 5.97 Å². The van der Waals surface area contributed by atoms with E-state index in [0.29, 0.717) is 12.7 Å². The van der Waals surface area contributed by atoms with E-state index in [2.05, 4.69) is 4.74 Å². The molecule has 0 spiro atoms. The maximum Gasteiger partial charge on any atom is 0.305 e. The van der Waals surface area contributed by atoms with Crippen LogP contribution in [0.3, 0.4) is 0 Å². The molecular formula is C6H12ClNO3. The van der Waals surface area contributed by atoms with Gasteiger partial charge < -0.3 is 15.3 Å². The average molecular weight is 182 g/mol. The molecule has 66 valence electrons. The van der Waals surface area contributed by atoms with Gasteiger partial charge in [0.15, 0.2) is 0 Å². The highest BCUT2D eigenvalue weighted by atomic mass is 35.5. The zero-order valence-corrected chi connectivity index (χ0v) is 7.10. The van der Waals surface area contributed by atoms with Crippen molar-refractivity contribution in [1.82, 2.24) is 0 Å². The number of methoxy groups -OCH3 is 1. The smallest absolute Gasteiger partial charge is 0.305 e. The Hall–Kier alpha value is -0.610. The highest BCUT2D eigenvalue weighted by Crippen LogP contribution is 1.93. The van der Waals surface area contributed by atoms with Gasteiger partial charge in [-0.1, -0.05) is 0 Å². The van der Waals surface area contributed by atoms with E-state index in [9.17, 15) is 9.59 Å². The minimum atomic E-state index is -0.543. The summed E-state index contributed by atoms with van der Waals surface area (Å²) in [6.45, 7) is 0. The van der Waals surface area contributed by atoms with Crippen LogP contribution in [0.15, 0.2) is 0 Å². The largest absolute Gasteiger partial charge is 0.469 e. The molecule has 0 aliphatic carbocycles. The summed E-state index contributed by atoms with van der Waals surface area (Å²) < 4.78 is 4.33. The molecule has 0 aliphatic rings. The van der Waals surface area contributed by atoms with Crippen LogP contribution in [0.4, 0.5) is 0 Å².